The second-order valence-corrected chi connectivity index (χ2v) is 8.97. The van der Waals surface area contributed by atoms with Crippen LogP contribution in [0.1, 0.15) is 69.9 Å². The molecule has 0 fully saturated rings. The van der Waals surface area contributed by atoms with E-state index in [1.807, 2.05) is 49.5 Å². The maximum Gasteiger partial charge on any atom is 0.274 e. The van der Waals surface area contributed by atoms with Crippen molar-refractivity contribution in [2.24, 2.45) is 7.05 Å². The Kier molecular flexibility index (Phi) is 6.96. The smallest absolute Gasteiger partial charge is 0.274 e. The Morgan fingerprint density at radius 1 is 1.15 bits per heavy atom. The molecule has 0 aliphatic heterocycles. The van der Waals surface area contributed by atoms with E-state index in [1.54, 1.807) is 10.6 Å². The van der Waals surface area contributed by atoms with Gasteiger partial charge in [-0.1, -0.05) is 37.3 Å². The van der Waals surface area contributed by atoms with Gasteiger partial charge in [0.05, 0.1) is 0 Å². The number of hydrogen-bond donors (Lipinski definition) is 2. The maximum atomic E-state index is 13.5. The van der Waals surface area contributed by atoms with Crippen LogP contribution in [0.3, 0.4) is 0 Å². The first-order valence-electron chi connectivity index (χ1n) is 11.7. The fourth-order valence-corrected chi connectivity index (χ4v) is 4.85. The van der Waals surface area contributed by atoms with Crippen molar-refractivity contribution < 1.29 is 9.59 Å². The molecule has 2 atom stereocenters. The lowest BCUT2D eigenvalue weighted by atomic mass is 9.89. The Hall–Kier alpha value is -3.35. The number of likely N-dealkylation sites (N-methyl/N-ethyl adjacent to an activating group) is 1. The summed E-state index contributed by atoms with van der Waals surface area (Å²) in [5.74, 6) is -0.0678. The second-order valence-electron chi connectivity index (χ2n) is 8.97. The fraction of sp³-hybridized carbons (Fsp3) is 0.423. The molecule has 2 N–H and O–H groups in total. The van der Waals surface area contributed by atoms with Crippen molar-refractivity contribution >= 4 is 11.8 Å². The third-order valence-corrected chi connectivity index (χ3v) is 6.88. The van der Waals surface area contributed by atoms with Crippen LogP contribution in [-0.4, -0.2) is 51.1 Å². The summed E-state index contributed by atoms with van der Waals surface area (Å²) in [5.41, 5.74) is 4.50. The van der Waals surface area contributed by atoms with E-state index in [0.29, 0.717) is 24.4 Å². The highest BCUT2D eigenvalue weighted by molar-refractivity contribution is 5.94. The Bertz CT molecular complexity index is 1100. The van der Waals surface area contributed by atoms with Crippen molar-refractivity contribution in [1.82, 2.24) is 25.0 Å². The molecule has 2 amide bonds. The average molecular weight is 448 g/mol. The highest BCUT2D eigenvalue weighted by atomic mass is 16.2. The number of aryl methyl sites for hydroxylation is 2. The average Bonchev–Trinajstić information content (AvgIpc) is 3.47. The molecule has 0 saturated carbocycles. The standard InChI is InChI=1S/C26H33N5O2/c1-18(19-10-5-4-6-11-19)22(15-16-27-25(32)23-14-9-17-30(23)2)31(3)26(33)24-20-12-7-8-13-21(20)28-29-24/h4-6,9-11,14,17-18,22H,7-8,12-13,15-16H2,1-3H3,(H,27,32)(H,28,29). The first kappa shape index (κ1) is 22.8. The van der Waals surface area contributed by atoms with E-state index in [2.05, 4.69) is 34.6 Å². The van der Waals surface area contributed by atoms with Gasteiger partial charge >= 0.3 is 0 Å². The molecule has 2 heterocycles. The third-order valence-electron chi connectivity index (χ3n) is 6.88. The van der Waals surface area contributed by atoms with Crippen LogP contribution < -0.4 is 5.32 Å². The number of hydrogen-bond acceptors (Lipinski definition) is 3. The fourth-order valence-electron chi connectivity index (χ4n) is 4.85. The largest absolute Gasteiger partial charge is 0.351 e. The van der Waals surface area contributed by atoms with Gasteiger partial charge < -0.3 is 14.8 Å². The van der Waals surface area contributed by atoms with E-state index in [9.17, 15) is 9.59 Å². The molecule has 33 heavy (non-hydrogen) atoms. The maximum absolute atomic E-state index is 13.5. The van der Waals surface area contributed by atoms with Crippen LogP contribution in [0.25, 0.3) is 0 Å². The second kappa shape index (κ2) is 10.1. The van der Waals surface area contributed by atoms with Crippen LogP contribution in [0.15, 0.2) is 48.7 Å². The summed E-state index contributed by atoms with van der Waals surface area (Å²) in [7, 11) is 3.71. The molecule has 2 aromatic heterocycles. The van der Waals surface area contributed by atoms with Crippen molar-refractivity contribution in [3.05, 3.63) is 76.9 Å². The van der Waals surface area contributed by atoms with Gasteiger partial charge in [0.1, 0.15) is 5.69 Å². The number of amides is 2. The molecule has 1 aromatic carbocycles. The molecular weight excluding hydrogens is 414 g/mol. The molecule has 2 unspecified atom stereocenters. The minimum Gasteiger partial charge on any atom is -0.351 e. The predicted octanol–water partition coefficient (Wildman–Crippen LogP) is 3.69. The number of nitrogens with one attached hydrogen (secondary N) is 2. The summed E-state index contributed by atoms with van der Waals surface area (Å²) < 4.78 is 1.80. The molecule has 0 bridgehead atoms. The molecule has 0 saturated heterocycles. The molecule has 1 aliphatic rings. The predicted molar refractivity (Wildman–Crippen MR) is 128 cm³/mol. The molecule has 7 nitrogen and oxygen atoms in total. The number of carbonyl (C=O) groups excluding carboxylic acids is 2. The lowest BCUT2D eigenvalue weighted by molar-refractivity contribution is 0.0694. The van der Waals surface area contributed by atoms with Crippen molar-refractivity contribution in [2.75, 3.05) is 13.6 Å². The molecule has 0 radical (unpaired) electrons. The number of nitrogens with zero attached hydrogens (tertiary/aromatic N) is 3. The summed E-state index contributed by atoms with van der Waals surface area (Å²) in [6.45, 7) is 2.62. The zero-order chi connectivity index (χ0) is 23.4. The monoisotopic (exact) mass is 447 g/mol. The molecule has 3 aromatic rings. The summed E-state index contributed by atoms with van der Waals surface area (Å²) in [5, 5.41) is 10.5. The number of H-pyrrole nitrogens is 1. The number of aromatic amines is 1. The normalized spacial score (nSPS) is 14.9. The van der Waals surface area contributed by atoms with Gasteiger partial charge in [-0.3, -0.25) is 14.7 Å². The summed E-state index contributed by atoms with van der Waals surface area (Å²) in [4.78, 5) is 27.9. The minimum absolute atomic E-state index is 0.0593. The van der Waals surface area contributed by atoms with E-state index in [0.717, 1.165) is 36.9 Å². The Balaban J connectivity index is 1.51. The van der Waals surface area contributed by atoms with E-state index < -0.39 is 0 Å². The quantitative estimate of drug-likeness (QED) is 0.552. The highest BCUT2D eigenvalue weighted by Crippen LogP contribution is 2.28. The number of aromatic nitrogens is 3. The Labute approximate surface area is 195 Å². The molecular formula is C26H33N5O2. The van der Waals surface area contributed by atoms with Gasteiger partial charge in [-0.15, -0.1) is 0 Å². The summed E-state index contributed by atoms with van der Waals surface area (Å²) >= 11 is 0. The zero-order valence-electron chi connectivity index (χ0n) is 19.7. The summed E-state index contributed by atoms with van der Waals surface area (Å²) in [6, 6.07) is 13.8. The van der Waals surface area contributed by atoms with E-state index in [4.69, 9.17) is 0 Å². The molecule has 1 aliphatic carbocycles. The van der Waals surface area contributed by atoms with Gasteiger partial charge in [0.2, 0.25) is 0 Å². The number of benzene rings is 1. The van der Waals surface area contributed by atoms with Crippen LogP contribution in [0.4, 0.5) is 0 Å². The number of carbonyl (C=O) groups is 2. The van der Waals surface area contributed by atoms with Gasteiger partial charge in [0, 0.05) is 50.1 Å². The van der Waals surface area contributed by atoms with Gasteiger partial charge in [0.25, 0.3) is 11.8 Å². The lowest BCUT2D eigenvalue weighted by Gasteiger charge is -2.33. The SMILES string of the molecule is CC(c1ccccc1)C(CCNC(=O)c1cccn1C)N(C)C(=O)c1n[nH]c2c1CCCC2. The van der Waals surface area contributed by atoms with E-state index in [-0.39, 0.29) is 23.8 Å². The molecule has 0 spiro atoms. The van der Waals surface area contributed by atoms with Crippen LogP contribution in [-0.2, 0) is 19.9 Å². The van der Waals surface area contributed by atoms with Crippen LogP contribution in [0.2, 0.25) is 0 Å². The topological polar surface area (TPSA) is 83.0 Å². The van der Waals surface area contributed by atoms with Crippen molar-refractivity contribution in [1.29, 1.82) is 0 Å². The Morgan fingerprint density at radius 3 is 2.64 bits per heavy atom. The van der Waals surface area contributed by atoms with Gasteiger partial charge in [-0.25, -0.2) is 0 Å². The molecule has 7 heteroatoms. The third kappa shape index (κ3) is 4.87. The van der Waals surface area contributed by atoms with Gasteiger partial charge in [-0.05, 0) is 49.8 Å². The zero-order valence-corrected chi connectivity index (χ0v) is 19.7. The van der Waals surface area contributed by atoms with Crippen LogP contribution >= 0.6 is 0 Å². The van der Waals surface area contributed by atoms with E-state index in [1.165, 1.54) is 5.56 Å². The van der Waals surface area contributed by atoms with Crippen LogP contribution in [0, 0.1) is 0 Å². The Morgan fingerprint density at radius 2 is 1.91 bits per heavy atom. The molecule has 174 valence electrons. The lowest BCUT2D eigenvalue weighted by Crippen LogP contribution is -2.43. The summed E-state index contributed by atoms with van der Waals surface area (Å²) in [6.07, 6.45) is 6.56. The first-order valence-corrected chi connectivity index (χ1v) is 11.7. The van der Waals surface area contributed by atoms with Gasteiger partial charge in [0.15, 0.2) is 5.69 Å². The highest BCUT2D eigenvalue weighted by Gasteiger charge is 2.31. The van der Waals surface area contributed by atoms with Crippen LogP contribution in [0.5, 0.6) is 0 Å². The van der Waals surface area contributed by atoms with Gasteiger partial charge in [-0.2, -0.15) is 5.10 Å². The minimum atomic E-state index is -0.107. The first-order chi connectivity index (χ1) is 16.0. The number of rotatable bonds is 8. The molecule has 4 rings (SSSR count). The van der Waals surface area contributed by atoms with Crippen molar-refractivity contribution in [3.8, 4) is 0 Å². The van der Waals surface area contributed by atoms with Crippen molar-refractivity contribution in [2.45, 2.75) is 51.0 Å². The number of fused-ring (bicyclic) bond motifs is 1. The van der Waals surface area contributed by atoms with Crippen molar-refractivity contribution in [3.63, 3.8) is 0 Å². The van der Waals surface area contributed by atoms with E-state index >= 15 is 0 Å².